The maximum atomic E-state index is 11.5. The zero-order valence-corrected chi connectivity index (χ0v) is 11.0. The van der Waals surface area contributed by atoms with Crippen molar-refractivity contribution in [1.82, 2.24) is 4.98 Å². The number of halogens is 2. The van der Waals surface area contributed by atoms with Crippen LogP contribution in [0.3, 0.4) is 0 Å². The van der Waals surface area contributed by atoms with Crippen molar-refractivity contribution in [3.8, 4) is 0 Å². The Labute approximate surface area is 111 Å². The zero-order valence-electron chi connectivity index (χ0n) is 8.61. The molecule has 1 unspecified atom stereocenters. The molecule has 1 atom stereocenters. The smallest absolute Gasteiger partial charge is 0.241 e. The molecule has 0 aliphatic rings. The minimum atomic E-state index is -0.984. The van der Waals surface area contributed by atoms with Crippen LogP contribution >= 0.6 is 27.5 Å². The lowest BCUT2D eigenvalue weighted by molar-refractivity contribution is -0.123. The van der Waals surface area contributed by atoms with Crippen LogP contribution in [0, 0.1) is 0 Å². The molecule has 5 N–H and O–H groups in total. The topological polar surface area (TPSA) is 111 Å². The highest BCUT2D eigenvalue weighted by Crippen LogP contribution is 2.22. The SMILES string of the molecule is NC(=O)CC(N)C(=O)Nc1cnc(Cl)c(Br)c1. The highest BCUT2D eigenvalue weighted by atomic mass is 79.9. The summed E-state index contributed by atoms with van der Waals surface area (Å²) in [6.07, 6.45) is 1.16. The molecule has 1 aromatic rings. The van der Waals surface area contributed by atoms with E-state index in [-0.39, 0.29) is 11.6 Å². The molecule has 0 fully saturated rings. The first kappa shape index (κ1) is 13.9. The summed E-state index contributed by atoms with van der Waals surface area (Å²) in [4.78, 5) is 25.9. The molecule has 17 heavy (non-hydrogen) atoms. The highest BCUT2D eigenvalue weighted by Gasteiger charge is 2.16. The van der Waals surface area contributed by atoms with E-state index in [4.69, 9.17) is 23.1 Å². The summed E-state index contributed by atoms with van der Waals surface area (Å²) in [7, 11) is 0. The molecule has 1 heterocycles. The fourth-order valence-electron chi connectivity index (χ4n) is 1.03. The van der Waals surface area contributed by atoms with Crippen molar-refractivity contribution in [2.75, 3.05) is 5.32 Å². The van der Waals surface area contributed by atoms with Gasteiger partial charge >= 0.3 is 0 Å². The summed E-state index contributed by atoms with van der Waals surface area (Å²) in [5.74, 6) is -1.15. The van der Waals surface area contributed by atoms with E-state index in [0.717, 1.165) is 0 Å². The van der Waals surface area contributed by atoms with E-state index in [1.54, 1.807) is 6.07 Å². The second-order valence-electron chi connectivity index (χ2n) is 3.26. The number of primary amides is 1. The summed E-state index contributed by atoms with van der Waals surface area (Å²) in [5, 5.41) is 2.77. The van der Waals surface area contributed by atoms with Crippen molar-refractivity contribution >= 4 is 45.0 Å². The van der Waals surface area contributed by atoms with Crippen LogP contribution in [-0.2, 0) is 9.59 Å². The van der Waals surface area contributed by atoms with Gasteiger partial charge in [-0.25, -0.2) is 4.98 Å². The summed E-state index contributed by atoms with van der Waals surface area (Å²) in [6, 6.07) is 0.589. The van der Waals surface area contributed by atoms with Gasteiger partial charge in [-0.2, -0.15) is 0 Å². The van der Waals surface area contributed by atoms with Gasteiger partial charge in [0, 0.05) is 0 Å². The van der Waals surface area contributed by atoms with Crippen LogP contribution in [0.1, 0.15) is 6.42 Å². The molecule has 0 saturated carbocycles. The molecule has 92 valence electrons. The molecule has 2 amide bonds. The van der Waals surface area contributed by atoms with E-state index in [9.17, 15) is 9.59 Å². The molecule has 0 aromatic carbocycles. The molecule has 0 spiro atoms. The second kappa shape index (κ2) is 5.95. The number of nitrogens with zero attached hydrogens (tertiary/aromatic N) is 1. The Hall–Kier alpha value is -1.18. The lowest BCUT2D eigenvalue weighted by Gasteiger charge is -2.10. The predicted molar refractivity (Wildman–Crippen MR) is 67.4 cm³/mol. The fourth-order valence-corrected chi connectivity index (χ4v) is 1.49. The van der Waals surface area contributed by atoms with Crippen molar-refractivity contribution < 1.29 is 9.59 Å². The number of nitrogens with one attached hydrogen (secondary N) is 1. The van der Waals surface area contributed by atoms with Gasteiger partial charge in [0.2, 0.25) is 11.8 Å². The third kappa shape index (κ3) is 4.29. The summed E-state index contributed by atoms with van der Waals surface area (Å²) in [5.41, 5.74) is 10.8. The Morgan fingerprint density at radius 2 is 2.24 bits per heavy atom. The Morgan fingerprint density at radius 1 is 1.59 bits per heavy atom. The van der Waals surface area contributed by atoms with E-state index in [2.05, 4.69) is 26.2 Å². The molecule has 0 bridgehead atoms. The number of rotatable bonds is 4. The summed E-state index contributed by atoms with van der Waals surface area (Å²) < 4.78 is 0.542. The predicted octanol–water partition coefficient (Wildman–Crippen LogP) is 0.639. The van der Waals surface area contributed by atoms with Gasteiger partial charge in [0.15, 0.2) is 0 Å². The first-order chi connectivity index (χ1) is 7.90. The summed E-state index contributed by atoms with van der Waals surface area (Å²) in [6.45, 7) is 0. The fraction of sp³-hybridized carbons (Fsp3) is 0.222. The van der Waals surface area contributed by atoms with Gasteiger partial charge in [0.25, 0.3) is 0 Å². The minimum Gasteiger partial charge on any atom is -0.370 e. The van der Waals surface area contributed by atoms with Crippen molar-refractivity contribution in [3.05, 3.63) is 21.9 Å². The standard InChI is InChI=1S/C9H10BrClN4O2/c10-5-1-4(3-14-8(5)11)15-9(17)6(12)2-7(13)16/h1,3,6H,2,12H2,(H2,13,16)(H,15,17). The van der Waals surface area contributed by atoms with Crippen LogP contribution in [0.2, 0.25) is 5.15 Å². The molecule has 8 heteroatoms. The molecule has 0 radical (unpaired) electrons. The van der Waals surface area contributed by atoms with Gasteiger partial charge < -0.3 is 16.8 Å². The third-order valence-corrected chi connectivity index (χ3v) is 2.96. The number of pyridine rings is 1. The van der Waals surface area contributed by atoms with E-state index < -0.39 is 17.9 Å². The molecule has 6 nitrogen and oxygen atoms in total. The largest absolute Gasteiger partial charge is 0.370 e. The van der Waals surface area contributed by atoms with Crippen LogP contribution in [0.15, 0.2) is 16.7 Å². The third-order valence-electron chi connectivity index (χ3n) is 1.82. The second-order valence-corrected chi connectivity index (χ2v) is 4.48. The maximum Gasteiger partial charge on any atom is 0.241 e. The van der Waals surface area contributed by atoms with Crippen molar-refractivity contribution in [2.24, 2.45) is 11.5 Å². The van der Waals surface area contributed by atoms with Crippen LogP contribution in [0.4, 0.5) is 5.69 Å². The van der Waals surface area contributed by atoms with Gasteiger partial charge in [-0.05, 0) is 22.0 Å². The average Bonchev–Trinajstić information content (AvgIpc) is 2.22. The molecule has 1 rings (SSSR count). The average molecular weight is 322 g/mol. The van der Waals surface area contributed by atoms with E-state index in [1.165, 1.54) is 6.20 Å². The van der Waals surface area contributed by atoms with Gasteiger partial charge in [-0.3, -0.25) is 9.59 Å². The Bertz CT molecular complexity index is 455. The molecule has 1 aromatic heterocycles. The molecule has 0 aliphatic heterocycles. The minimum absolute atomic E-state index is 0.214. The lowest BCUT2D eigenvalue weighted by Crippen LogP contribution is -2.39. The number of nitrogens with two attached hydrogens (primary N) is 2. The normalized spacial score (nSPS) is 11.9. The quantitative estimate of drug-likeness (QED) is 0.706. The lowest BCUT2D eigenvalue weighted by atomic mass is 10.2. The van der Waals surface area contributed by atoms with Crippen LogP contribution in [0.5, 0.6) is 0 Å². The number of anilines is 1. The monoisotopic (exact) mass is 320 g/mol. The zero-order chi connectivity index (χ0) is 13.0. The number of hydrogen-bond donors (Lipinski definition) is 3. The van der Waals surface area contributed by atoms with Gasteiger partial charge in [0.1, 0.15) is 5.15 Å². The van der Waals surface area contributed by atoms with Crippen LogP contribution in [-0.4, -0.2) is 22.8 Å². The molecular formula is C9H10BrClN4O2. The molecule has 0 saturated heterocycles. The van der Waals surface area contributed by atoms with Crippen LogP contribution < -0.4 is 16.8 Å². The van der Waals surface area contributed by atoms with E-state index in [1.807, 2.05) is 0 Å². The van der Waals surface area contributed by atoms with Crippen molar-refractivity contribution in [3.63, 3.8) is 0 Å². The van der Waals surface area contributed by atoms with Gasteiger partial charge in [-0.1, -0.05) is 11.6 Å². The number of aromatic nitrogens is 1. The number of hydrogen-bond acceptors (Lipinski definition) is 4. The van der Waals surface area contributed by atoms with Gasteiger partial charge in [-0.15, -0.1) is 0 Å². The number of amides is 2. The van der Waals surface area contributed by atoms with E-state index >= 15 is 0 Å². The van der Waals surface area contributed by atoms with Crippen molar-refractivity contribution in [1.29, 1.82) is 0 Å². The number of carbonyl (C=O) groups excluding carboxylic acids is 2. The Kier molecular flexibility index (Phi) is 4.86. The first-order valence-electron chi connectivity index (χ1n) is 4.56. The highest BCUT2D eigenvalue weighted by molar-refractivity contribution is 9.10. The maximum absolute atomic E-state index is 11.5. The Balaban J connectivity index is 2.67. The first-order valence-corrected chi connectivity index (χ1v) is 5.73. The van der Waals surface area contributed by atoms with Crippen molar-refractivity contribution in [2.45, 2.75) is 12.5 Å². The molecular weight excluding hydrogens is 311 g/mol. The summed E-state index contributed by atoms with van der Waals surface area (Å²) >= 11 is 8.85. The Morgan fingerprint density at radius 3 is 2.76 bits per heavy atom. The van der Waals surface area contributed by atoms with Crippen LogP contribution in [0.25, 0.3) is 0 Å². The van der Waals surface area contributed by atoms with E-state index in [0.29, 0.717) is 10.2 Å². The van der Waals surface area contributed by atoms with Gasteiger partial charge in [0.05, 0.1) is 28.8 Å². The molecule has 0 aliphatic carbocycles. The number of carbonyl (C=O) groups is 2.